The van der Waals surface area contributed by atoms with Gasteiger partial charge in [0.25, 0.3) is 5.91 Å². The normalized spacial score (nSPS) is 11.8. The Kier molecular flexibility index (Phi) is 7.86. The number of ether oxygens (including phenoxy) is 3. The molecular formula is C29H27N3O6. The number of benzene rings is 3. The topological polar surface area (TPSA) is 120 Å². The molecule has 0 aliphatic heterocycles. The van der Waals surface area contributed by atoms with E-state index in [4.69, 9.17) is 14.2 Å². The molecule has 4 aromatic rings. The van der Waals surface area contributed by atoms with Crippen LogP contribution in [0.25, 0.3) is 0 Å². The summed E-state index contributed by atoms with van der Waals surface area (Å²) in [6.07, 6.45) is -1.66. The van der Waals surface area contributed by atoms with Crippen LogP contribution in [-0.2, 0) is 10.3 Å². The van der Waals surface area contributed by atoms with Crippen LogP contribution in [0.15, 0.2) is 91.0 Å². The fourth-order valence-electron chi connectivity index (χ4n) is 4.20. The van der Waals surface area contributed by atoms with Crippen molar-refractivity contribution in [3.63, 3.8) is 0 Å². The van der Waals surface area contributed by atoms with Crippen molar-refractivity contribution in [3.8, 4) is 17.4 Å². The number of aryl methyl sites for hydroxylation is 1. The maximum Gasteiger partial charge on any atom is 0.348 e. The zero-order valence-electron chi connectivity index (χ0n) is 21.1. The van der Waals surface area contributed by atoms with Crippen LogP contribution in [-0.4, -0.2) is 47.5 Å². The monoisotopic (exact) mass is 513 g/mol. The van der Waals surface area contributed by atoms with Crippen LogP contribution in [0, 0.1) is 6.92 Å². The van der Waals surface area contributed by atoms with E-state index < -0.39 is 23.5 Å². The molecule has 0 saturated carbocycles. The summed E-state index contributed by atoms with van der Waals surface area (Å²) >= 11 is 0. The summed E-state index contributed by atoms with van der Waals surface area (Å²) in [6.45, 7) is 1.71. The molecule has 1 atom stereocenters. The van der Waals surface area contributed by atoms with Gasteiger partial charge in [0.15, 0.2) is 0 Å². The van der Waals surface area contributed by atoms with E-state index in [1.165, 1.54) is 20.3 Å². The number of hydrogen-bond donors (Lipinski definition) is 2. The number of methoxy groups -OCH3 is 2. The lowest BCUT2D eigenvalue weighted by atomic mass is 9.77. The van der Waals surface area contributed by atoms with Gasteiger partial charge in [-0.2, -0.15) is 0 Å². The van der Waals surface area contributed by atoms with Gasteiger partial charge in [-0.15, -0.1) is 10.2 Å². The molecule has 9 nitrogen and oxygen atoms in total. The first-order valence-corrected chi connectivity index (χ1v) is 11.7. The van der Waals surface area contributed by atoms with Crippen LogP contribution in [0.1, 0.15) is 27.2 Å². The van der Waals surface area contributed by atoms with E-state index in [2.05, 4.69) is 15.5 Å². The molecule has 0 spiro atoms. The van der Waals surface area contributed by atoms with Crippen LogP contribution in [0.2, 0.25) is 0 Å². The van der Waals surface area contributed by atoms with E-state index in [1.807, 2.05) is 0 Å². The van der Waals surface area contributed by atoms with Crippen LogP contribution in [0.5, 0.6) is 17.4 Å². The molecule has 1 amide bonds. The maximum atomic E-state index is 13.7. The summed E-state index contributed by atoms with van der Waals surface area (Å²) in [5, 5.41) is 21.6. The molecule has 0 aliphatic carbocycles. The number of aromatic nitrogens is 2. The number of carboxylic acids is 1. The van der Waals surface area contributed by atoms with Gasteiger partial charge in [0, 0.05) is 11.6 Å². The fraction of sp³-hybridized carbons (Fsp3) is 0.172. The second-order valence-electron chi connectivity index (χ2n) is 8.40. The summed E-state index contributed by atoms with van der Waals surface area (Å²) < 4.78 is 16.5. The number of nitrogens with one attached hydrogen (secondary N) is 1. The standard InChI is InChI=1S/C29H27N3O6/c1-19-24(37-3)18-25(32-31-19)38-26(28(34)35)29(21-10-6-4-7-11-21,22-12-8-5-9-13-22)30-27(33)20-14-16-23(36-2)17-15-20/h4-18,26H,1-3H3,(H,30,33)(H,34,35). The lowest BCUT2D eigenvalue weighted by molar-refractivity contribution is -0.148. The quantitative estimate of drug-likeness (QED) is 0.326. The number of aliphatic carboxylic acids is 1. The van der Waals surface area contributed by atoms with Gasteiger partial charge in [-0.25, -0.2) is 4.79 Å². The van der Waals surface area contributed by atoms with Crippen molar-refractivity contribution in [3.05, 3.63) is 113 Å². The van der Waals surface area contributed by atoms with Gasteiger partial charge in [-0.05, 0) is 42.3 Å². The first-order valence-electron chi connectivity index (χ1n) is 11.7. The minimum absolute atomic E-state index is 0.0743. The highest BCUT2D eigenvalue weighted by Crippen LogP contribution is 2.36. The average molecular weight is 514 g/mol. The Morgan fingerprint density at radius 2 is 1.42 bits per heavy atom. The van der Waals surface area contributed by atoms with Crippen molar-refractivity contribution >= 4 is 11.9 Å². The van der Waals surface area contributed by atoms with Gasteiger partial charge in [-0.3, -0.25) is 4.79 Å². The lowest BCUT2D eigenvalue weighted by Gasteiger charge is -2.40. The van der Waals surface area contributed by atoms with Crippen LogP contribution >= 0.6 is 0 Å². The molecule has 0 fully saturated rings. The molecule has 0 bridgehead atoms. The van der Waals surface area contributed by atoms with E-state index in [1.54, 1.807) is 91.9 Å². The first kappa shape index (κ1) is 26.2. The summed E-state index contributed by atoms with van der Waals surface area (Å²) in [5.74, 6) is -0.948. The van der Waals surface area contributed by atoms with Crippen molar-refractivity contribution in [1.29, 1.82) is 0 Å². The maximum absolute atomic E-state index is 13.7. The van der Waals surface area contributed by atoms with E-state index in [9.17, 15) is 14.7 Å². The predicted molar refractivity (Wildman–Crippen MR) is 139 cm³/mol. The molecule has 0 aliphatic rings. The van der Waals surface area contributed by atoms with Gasteiger partial charge in [-0.1, -0.05) is 60.7 Å². The van der Waals surface area contributed by atoms with Gasteiger partial charge in [0.2, 0.25) is 12.0 Å². The van der Waals surface area contributed by atoms with E-state index in [0.29, 0.717) is 33.9 Å². The largest absolute Gasteiger partial charge is 0.497 e. The predicted octanol–water partition coefficient (Wildman–Crippen LogP) is 4.01. The summed E-state index contributed by atoms with van der Waals surface area (Å²) in [5.41, 5.74) is 0.130. The third kappa shape index (κ3) is 5.27. The number of amides is 1. The van der Waals surface area contributed by atoms with Crippen molar-refractivity contribution < 1.29 is 28.9 Å². The molecule has 1 heterocycles. The highest BCUT2D eigenvalue weighted by molar-refractivity contribution is 5.96. The minimum atomic E-state index is -1.68. The molecule has 4 rings (SSSR count). The summed E-state index contributed by atoms with van der Waals surface area (Å²) in [7, 11) is 3.00. The molecule has 38 heavy (non-hydrogen) atoms. The third-order valence-corrected chi connectivity index (χ3v) is 6.11. The van der Waals surface area contributed by atoms with Gasteiger partial charge >= 0.3 is 5.97 Å². The molecular weight excluding hydrogens is 486 g/mol. The number of carbonyl (C=O) groups is 2. The Hall–Kier alpha value is -4.92. The highest BCUT2D eigenvalue weighted by atomic mass is 16.5. The van der Waals surface area contributed by atoms with Crippen LogP contribution in [0.4, 0.5) is 0 Å². The summed E-state index contributed by atoms with van der Waals surface area (Å²) in [4.78, 5) is 26.6. The van der Waals surface area contributed by atoms with Gasteiger partial charge < -0.3 is 24.6 Å². The van der Waals surface area contributed by atoms with Crippen molar-refractivity contribution in [1.82, 2.24) is 15.5 Å². The Morgan fingerprint density at radius 3 is 1.92 bits per heavy atom. The molecule has 9 heteroatoms. The number of rotatable bonds is 10. The first-order chi connectivity index (χ1) is 18.4. The Morgan fingerprint density at radius 1 is 0.842 bits per heavy atom. The third-order valence-electron chi connectivity index (χ3n) is 6.11. The van der Waals surface area contributed by atoms with Crippen LogP contribution in [0.3, 0.4) is 0 Å². The molecule has 1 unspecified atom stereocenters. The lowest BCUT2D eigenvalue weighted by Crippen LogP contribution is -2.59. The van der Waals surface area contributed by atoms with Crippen molar-refractivity contribution in [2.24, 2.45) is 0 Å². The SMILES string of the molecule is COc1ccc(C(=O)NC(c2ccccc2)(c2ccccc2)C(Oc2cc(OC)c(C)nn2)C(=O)O)cc1. The second kappa shape index (κ2) is 11.4. The number of carboxylic acid groups (broad SMARTS) is 1. The molecule has 3 aromatic carbocycles. The van der Waals surface area contributed by atoms with Crippen molar-refractivity contribution in [2.75, 3.05) is 14.2 Å². The van der Waals surface area contributed by atoms with E-state index in [0.717, 1.165) is 0 Å². The van der Waals surface area contributed by atoms with E-state index >= 15 is 0 Å². The number of carbonyl (C=O) groups excluding carboxylic acids is 1. The van der Waals surface area contributed by atoms with Gasteiger partial charge in [0.1, 0.15) is 22.7 Å². The van der Waals surface area contributed by atoms with Crippen molar-refractivity contribution in [2.45, 2.75) is 18.6 Å². The highest BCUT2D eigenvalue weighted by Gasteiger charge is 2.50. The zero-order chi connectivity index (χ0) is 27.1. The van der Waals surface area contributed by atoms with E-state index in [-0.39, 0.29) is 5.88 Å². The summed E-state index contributed by atoms with van der Waals surface area (Å²) in [6, 6.07) is 25.6. The Labute approximate surface area is 220 Å². The zero-order valence-corrected chi connectivity index (χ0v) is 21.1. The Balaban J connectivity index is 1.91. The Bertz CT molecular complexity index is 1360. The minimum Gasteiger partial charge on any atom is -0.497 e. The molecule has 0 radical (unpaired) electrons. The fourth-order valence-corrected chi connectivity index (χ4v) is 4.20. The average Bonchev–Trinajstić information content (AvgIpc) is 2.96. The van der Waals surface area contributed by atoms with Gasteiger partial charge in [0.05, 0.1) is 14.2 Å². The molecule has 0 saturated heterocycles. The van der Waals surface area contributed by atoms with Crippen LogP contribution < -0.4 is 19.5 Å². The number of hydrogen-bond acceptors (Lipinski definition) is 7. The number of nitrogens with zero attached hydrogens (tertiary/aromatic N) is 2. The second-order valence-corrected chi connectivity index (χ2v) is 8.40. The smallest absolute Gasteiger partial charge is 0.348 e. The molecule has 1 aromatic heterocycles. The molecule has 194 valence electrons. The molecule has 2 N–H and O–H groups in total.